The van der Waals surface area contributed by atoms with Crippen LogP contribution in [-0.2, 0) is 4.74 Å². The summed E-state index contributed by atoms with van der Waals surface area (Å²) >= 11 is 1.37. The van der Waals surface area contributed by atoms with Crippen LogP contribution >= 0.6 is 11.3 Å². The van der Waals surface area contributed by atoms with Gasteiger partial charge in [-0.25, -0.2) is 4.79 Å². The maximum Gasteiger partial charge on any atom is 0.341 e. The first-order chi connectivity index (χ1) is 13.4. The van der Waals surface area contributed by atoms with Crippen LogP contribution in [0.4, 0.5) is 5.00 Å². The SMILES string of the molecule is CCCOC(=O)c1c(NC(=O)c2ccoc2C)sc(C)c1-c1ccc(C)cc1. The Bertz CT molecular complexity index is 998. The molecule has 0 aliphatic heterocycles. The van der Waals surface area contributed by atoms with Crippen molar-refractivity contribution < 1.29 is 18.7 Å². The van der Waals surface area contributed by atoms with E-state index in [0.717, 1.165) is 28.0 Å². The van der Waals surface area contributed by atoms with E-state index in [1.165, 1.54) is 17.6 Å². The number of aryl methyl sites for hydroxylation is 3. The maximum atomic E-state index is 12.8. The Morgan fingerprint density at radius 1 is 1.11 bits per heavy atom. The quantitative estimate of drug-likeness (QED) is 0.538. The molecule has 0 unspecified atom stereocenters. The Balaban J connectivity index is 2.05. The molecule has 0 atom stereocenters. The third kappa shape index (κ3) is 4.02. The number of benzene rings is 1. The third-order valence-corrected chi connectivity index (χ3v) is 5.42. The summed E-state index contributed by atoms with van der Waals surface area (Å²) in [6.07, 6.45) is 2.20. The Morgan fingerprint density at radius 2 is 1.82 bits per heavy atom. The number of nitrogens with one attached hydrogen (secondary N) is 1. The topological polar surface area (TPSA) is 68.5 Å². The van der Waals surface area contributed by atoms with E-state index in [4.69, 9.17) is 9.15 Å². The average Bonchev–Trinajstić information content (AvgIpc) is 3.23. The van der Waals surface area contributed by atoms with Gasteiger partial charge in [-0.15, -0.1) is 11.3 Å². The molecule has 2 heterocycles. The number of hydrogen-bond acceptors (Lipinski definition) is 5. The molecule has 1 aromatic carbocycles. The summed E-state index contributed by atoms with van der Waals surface area (Å²) in [6.45, 7) is 7.95. The molecule has 3 rings (SSSR count). The van der Waals surface area contributed by atoms with E-state index in [0.29, 0.717) is 28.5 Å². The summed E-state index contributed by atoms with van der Waals surface area (Å²) in [4.78, 5) is 26.5. The third-order valence-electron chi connectivity index (χ3n) is 4.40. The fourth-order valence-corrected chi connectivity index (χ4v) is 4.01. The normalized spacial score (nSPS) is 10.7. The number of hydrogen-bond donors (Lipinski definition) is 1. The van der Waals surface area contributed by atoms with E-state index < -0.39 is 5.97 Å². The monoisotopic (exact) mass is 397 g/mol. The van der Waals surface area contributed by atoms with Crippen LogP contribution in [0.3, 0.4) is 0 Å². The fourth-order valence-electron chi connectivity index (χ4n) is 2.95. The van der Waals surface area contributed by atoms with Crippen LogP contribution in [0, 0.1) is 20.8 Å². The molecule has 28 heavy (non-hydrogen) atoms. The maximum absolute atomic E-state index is 12.8. The molecule has 0 spiro atoms. The van der Waals surface area contributed by atoms with E-state index in [1.807, 2.05) is 45.0 Å². The molecule has 0 aliphatic rings. The average molecular weight is 397 g/mol. The largest absolute Gasteiger partial charge is 0.469 e. The Morgan fingerprint density at radius 3 is 2.43 bits per heavy atom. The van der Waals surface area contributed by atoms with E-state index in [9.17, 15) is 9.59 Å². The number of rotatable bonds is 6. The summed E-state index contributed by atoms with van der Waals surface area (Å²) in [6, 6.07) is 9.57. The molecular weight excluding hydrogens is 374 g/mol. The highest BCUT2D eigenvalue weighted by molar-refractivity contribution is 7.17. The number of thiophene rings is 1. The lowest BCUT2D eigenvalue weighted by Crippen LogP contribution is -2.15. The molecule has 5 nitrogen and oxygen atoms in total. The molecule has 146 valence electrons. The van der Waals surface area contributed by atoms with Gasteiger partial charge in [-0.3, -0.25) is 4.79 Å². The zero-order valence-corrected chi connectivity index (χ0v) is 17.2. The molecule has 0 saturated carbocycles. The van der Waals surface area contributed by atoms with Gasteiger partial charge in [0, 0.05) is 10.4 Å². The van der Waals surface area contributed by atoms with Crippen molar-refractivity contribution in [3.8, 4) is 11.1 Å². The van der Waals surface area contributed by atoms with Crippen molar-refractivity contribution in [2.75, 3.05) is 11.9 Å². The van der Waals surface area contributed by atoms with Gasteiger partial charge < -0.3 is 14.5 Å². The Labute approximate surface area is 168 Å². The Hall–Kier alpha value is -2.86. The van der Waals surface area contributed by atoms with Crippen molar-refractivity contribution >= 4 is 28.2 Å². The van der Waals surface area contributed by atoms with Gasteiger partial charge in [0.15, 0.2) is 0 Å². The zero-order chi connectivity index (χ0) is 20.3. The molecule has 3 aromatic rings. The van der Waals surface area contributed by atoms with Crippen molar-refractivity contribution in [3.63, 3.8) is 0 Å². The highest BCUT2D eigenvalue weighted by Crippen LogP contribution is 2.40. The molecule has 0 radical (unpaired) electrons. The van der Waals surface area contributed by atoms with E-state index in [-0.39, 0.29) is 5.91 Å². The molecule has 0 fully saturated rings. The summed E-state index contributed by atoms with van der Waals surface area (Å²) < 4.78 is 10.6. The molecule has 1 amide bonds. The summed E-state index contributed by atoms with van der Waals surface area (Å²) in [5.41, 5.74) is 3.69. The van der Waals surface area contributed by atoms with Gasteiger partial charge in [-0.2, -0.15) is 0 Å². The second kappa shape index (κ2) is 8.44. The van der Waals surface area contributed by atoms with Crippen LogP contribution in [0.2, 0.25) is 0 Å². The molecule has 0 bridgehead atoms. The molecule has 2 aromatic heterocycles. The standard InChI is InChI=1S/C22H23NO4S/c1-5-11-27-22(25)19-18(16-8-6-13(2)7-9-16)15(4)28-21(19)23-20(24)17-10-12-26-14(17)3/h6-10,12H,5,11H2,1-4H3,(H,23,24). The minimum atomic E-state index is -0.430. The van der Waals surface area contributed by atoms with Gasteiger partial charge in [0.1, 0.15) is 16.3 Å². The molecule has 6 heteroatoms. The van der Waals surface area contributed by atoms with Gasteiger partial charge in [0.05, 0.1) is 18.4 Å². The minimum absolute atomic E-state index is 0.313. The van der Waals surface area contributed by atoms with Crippen molar-refractivity contribution in [1.29, 1.82) is 0 Å². The van der Waals surface area contributed by atoms with E-state index in [2.05, 4.69) is 5.32 Å². The molecule has 0 saturated heterocycles. The smallest absolute Gasteiger partial charge is 0.341 e. The number of esters is 1. The van der Waals surface area contributed by atoms with E-state index >= 15 is 0 Å². The first-order valence-electron chi connectivity index (χ1n) is 9.15. The number of amides is 1. The first-order valence-corrected chi connectivity index (χ1v) is 9.97. The van der Waals surface area contributed by atoms with E-state index in [1.54, 1.807) is 13.0 Å². The minimum Gasteiger partial charge on any atom is -0.469 e. The number of carbonyl (C=O) groups is 2. The lowest BCUT2D eigenvalue weighted by molar-refractivity contribution is 0.0507. The van der Waals surface area contributed by atoms with Gasteiger partial charge in [-0.05, 0) is 38.8 Å². The van der Waals surface area contributed by atoms with Gasteiger partial charge in [0.2, 0.25) is 0 Å². The van der Waals surface area contributed by atoms with Crippen LogP contribution in [0.15, 0.2) is 41.0 Å². The van der Waals surface area contributed by atoms with Crippen LogP contribution in [-0.4, -0.2) is 18.5 Å². The second-order valence-corrected chi connectivity index (χ2v) is 7.81. The van der Waals surface area contributed by atoms with Gasteiger partial charge in [0.25, 0.3) is 5.91 Å². The lowest BCUT2D eigenvalue weighted by Gasteiger charge is -2.10. The lowest BCUT2D eigenvalue weighted by atomic mass is 10.0. The molecule has 1 N–H and O–H groups in total. The van der Waals surface area contributed by atoms with Crippen LogP contribution in [0.5, 0.6) is 0 Å². The summed E-state index contributed by atoms with van der Waals surface area (Å²) in [5, 5.41) is 3.36. The highest BCUT2D eigenvalue weighted by Gasteiger charge is 2.26. The van der Waals surface area contributed by atoms with Crippen molar-refractivity contribution in [2.24, 2.45) is 0 Å². The van der Waals surface area contributed by atoms with Crippen molar-refractivity contribution in [2.45, 2.75) is 34.1 Å². The van der Waals surface area contributed by atoms with Gasteiger partial charge in [-0.1, -0.05) is 36.8 Å². The summed E-state index contributed by atoms with van der Waals surface area (Å²) in [5.74, 6) is -0.215. The number of anilines is 1. The van der Waals surface area contributed by atoms with Crippen LogP contribution < -0.4 is 5.32 Å². The molecule has 0 aliphatic carbocycles. The molecular formula is C22H23NO4S. The first kappa shape index (κ1) is 19.9. The fraction of sp³-hybridized carbons (Fsp3) is 0.273. The zero-order valence-electron chi connectivity index (χ0n) is 16.4. The van der Waals surface area contributed by atoms with Crippen molar-refractivity contribution in [3.05, 3.63) is 63.9 Å². The highest BCUT2D eigenvalue weighted by atomic mass is 32.1. The summed E-state index contributed by atoms with van der Waals surface area (Å²) in [7, 11) is 0. The van der Waals surface area contributed by atoms with Crippen LogP contribution in [0.1, 0.15) is 50.3 Å². The second-order valence-electron chi connectivity index (χ2n) is 6.58. The number of ether oxygens (including phenoxy) is 1. The van der Waals surface area contributed by atoms with Crippen molar-refractivity contribution in [1.82, 2.24) is 0 Å². The van der Waals surface area contributed by atoms with Gasteiger partial charge >= 0.3 is 5.97 Å². The predicted molar refractivity (Wildman–Crippen MR) is 111 cm³/mol. The number of carbonyl (C=O) groups excluding carboxylic acids is 2. The number of furan rings is 1. The predicted octanol–water partition coefficient (Wildman–Crippen LogP) is 5.75. The van der Waals surface area contributed by atoms with Crippen LogP contribution in [0.25, 0.3) is 11.1 Å². The Kier molecular flexibility index (Phi) is 5.99.